The summed E-state index contributed by atoms with van der Waals surface area (Å²) in [6.45, 7) is 0.304. The van der Waals surface area contributed by atoms with Crippen LogP contribution in [0.15, 0.2) is 18.3 Å². The van der Waals surface area contributed by atoms with Crippen LogP contribution in [0.1, 0.15) is 17.4 Å². The molecule has 1 heterocycles. The Morgan fingerprint density at radius 2 is 2.19 bits per heavy atom. The van der Waals surface area contributed by atoms with Gasteiger partial charge in [0.1, 0.15) is 6.61 Å². The maximum absolute atomic E-state index is 11.7. The van der Waals surface area contributed by atoms with Gasteiger partial charge in [-0.3, -0.25) is 4.79 Å². The van der Waals surface area contributed by atoms with Crippen molar-refractivity contribution in [1.82, 2.24) is 4.57 Å². The van der Waals surface area contributed by atoms with Crippen LogP contribution < -0.4 is 0 Å². The zero-order valence-electron chi connectivity index (χ0n) is 8.75. The molecule has 3 nitrogen and oxygen atoms in total. The van der Waals surface area contributed by atoms with Crippen LogP contribution in [0.3, 0.4) is 0 Å². The van der Waals surface area contributed by atoms with E-state index in [0.717, 1.165) is 0 Å². The fourth-order valence-corrected chi connectivity index (χ4v) is 1.28. The number of hydrogen-bond donors (Lipinski definition) is 0. The van der Waals surface area contributed by atoms with Gasteiger partial charge < -0.3 is 9.30 Å². The number of rotatable bonds is 5. The van der Waals surface area contributed by atoms with Gasteiger partial charge in [0.25, 0.3) is 0 Å². The molecule has 1 aromatic rings. The standard InChI is InChI=1S/C10H12F3NO2/c1-8(15)9-3-2-4-14(9)5-6-16-7-10(11,12)13/h2-4H,5-7H2,1H3. The molecule has 0 saturated carbocycles. The second-order valence-electron chi connectivity index (χ2n) is 3.31. The van der Waals surface area contributed by atoms with Crippen LogP contribution in [0.5, 0.6) is 0 Å². The lowest BCUT2D eigenvalue weighted by Crippen LogP contribution is -2.19. The van der Waals surface area contributed by atoms with Crippen LogP contribution in [0, 0.1) is 0 Å². The largest absolute Gasteiger partial charge is 0.411 e. The van der Waals surface area contributed by atoms with Gasteiger partial charge in [0, 0.05) is 19.7 Å². The van der Waals surface area contributed by atoms with Crippen molar-refractivity contribution in [2.45, 2.75) is 19.6 Å². The van der Waals surface area contributed by atoms with Crippen molar-refractivity contribution in [3.8, 4) is 0 Å². The van der Waals surface area contributed by atoms with Gasteiger partial charge in [0.15, 0.2) is 5.78 Å². The van der Waals surface area contributed by atoms with Crippen molar-refractivity contribution >= 4 is 5.78 Å². The minimum atomic E-state index is -4.31. The minimum absolute atomic E-state index is 0.0749. The van der Waals surface area contributed by atoms with Crippen molar-refractivity contribution in [3.63, 3.8) is 0 Å². The molecule has 0 aliphatic rings. The SMILES string of the molecule is CC(=O)c1cccn1CCOCC(F)(F)F. The predicted molar refractivity (Wildman–Crippen MR) is 51.3 cm³/mol. The fourth-order valence-electron chi connectivity index (χ4n) is 1.28. The van der Waals surface area contributed by atoms with Gasteiger partial charge >= 0.3 is 6.18 Å². The molecule has 0 fully saturated rings. The second-order valence-corrected chi connectivity index (χ2v) is 3.31. The van der Waals surface area contributed by atoms with Gasteiger partial charge in [-0.15, -0.1) is 0 Å². The summed E-state index contributed by atoms with van der Waals surface area (Å²) in [6, 6.07) is 3.28. The first-order valence-corrected chi connectivity index (χ1v) is 4.71. The van der Waals surface area contributed by atoms with E-state index in [9.17, 15) is 18.0 Å². The Bertz CT molecular complexity index is 357. The molecular formula is C10H12F3NO2. The van der Waals surface area contributed by atoms with E-state index in [2.05, 4.69) is 4.74 Å². The predicted octanol–water partition coefficient (Wildman–Crippen LogP) is 2.27. The summed E-state index contributed by atoms with van der Waals surface area (Å²) < 4.78 is 41.2. The molecule has 6 heteroatoms. The van der Waals surface area contributed by atoms with Crippen LogP contribution in [0.25, 0.3) is 0 Å². The van der Waals surface area contributed by atoms with E-state index >= 15 is 0 Å². The third-order valence-corrected chi connectivity index (χ3v) is 1.93. The highest BCUT2D eigenvalue weighted by molar-refractivity contribution is 5.92. The number of carbonyl (C=O) groups excluding carboxylic acids is 1. The Hall–Kier alpha value is -1.30. The van der Waals surface area contributed by atoms with Crippen molar-refractivity contribution in [3.05, 3.63) is 24.0 Å². The molecule has 0 aromatic carbocycles. The summed E-state index contributed by atoms with van der Waals surface area (Å²) in [6.07, 6.45) is -2.67. The number of alkyl halides is 3. The number of ketones is 1. The lowest BCUT2D eigenvalue weighted by atomic mass is 10.3. The van der Waals surface area contributed by atoms with Gasteiger partial charge in [-0.25, -0.2) is 0 Å². The molecule has 0 atom stereocenters. The van der Waals surface area contributed by atoms with E-state index in [1.54, 1.807) is 22.9 Å². The van der Waals surface area contributed by atoms with Gasteiger partial charge in [0.05, 0.1) is 12.3 Å². The van der Waals surface area contributed by atoms with Crippen LogP contribution in [-0.2, 0) is 11.3 Å². The summed E-state index contributed by atoms with van der Waals surface area (Å²) in [5, 5.41) is 0. The number of carbonyl (C=O) groups is 1. The Morgan fingerprint density at radius 3 is 2.75 bits per heavy atom. The fraction of sp³-hybridized carbons (Fsp3) is 0.500. The average Bonchev–Trinajstić information content (AvgIpc) is 2.58. The molecule has 0 N–H and O–H groups in total. The van der Waals surface area contributed by atoms with Gasteiger partial charge in [-0.05, 0) is 12.1 Å². The number of hydrogen-bond acceptors (Lipinski definition) is 2. The van der Waals surface area contributed by atoms with Crippen molar-refractivity contribution in [2.75, 3.05) is 13.2 Å². The molecule has 0 radical (unpaired) electrons. The zero-order valence-corrected chi connectivity index (χ0v) is 8.75. The van der Waals surface area contributed by atoms with Gasteiger partial charge in [0.2, 0.25) is 0 Å². The number of Topliss-reactive ketones (excluding diaryl/α,β-unsaturated/α-hetero) is 1. The first-order chi connectivity index (χ1) is 7.40. The van der Waals surface area contributed by atoms with E-state index < -0.39 is 12.8 Å². The normalized spacial score (nSPS) is 11.8. The Balaban J connectivity index is 2.38. The molecule has 0 bridgehead atoms. The molecule has 0 aliphatic heterocycles. The van der Waals surface area contributed by atoms with Gasteiger partial charge in [-0.1, -0.05) is 0 Å². The summed E-state index contributed by atoms with van der Waals surface area (Å²) >= 11 is 0. The topological polar surface area (TPSA) is 31.2 Å². The lowest BCUT2D eigenvalue weighted by Gasteiger charge is -2.09. The zero-order chi connectivity index (χ0) is 12.2. The molecule has 0 unspecified atom stereocenters. The van der Waals surface area contributed by atoms with Crippen LogP contribution in [0.4, 0.5) is 13.2 Å². The molecule has 0 spiro atoms. The second kappa shape index (κ2) is 5.16. The van der Waals surface area contributed by atoms with Crippen molar-refractivity contribution < 1.29 is 22.7 Å². The quantitative estimate of drug-likeness (QED) is 0.579. The van der Waals surface area contributed by atoms with Crippen LogP contribution in [-0.4, -0.2) is 29.7 Å². The molecule has 0 amide bonds. The third-order valence-electron chi connectivity index (χ3n) is 1.93. The van der Waals surface area contributed by atoms with Crippen molar-refractivity contribution in [1.29, 1.82) is 0 Å². The molecule has 0 saturated heterocycles. The third kappa shape index (κ3) is 4.06. The maximum Gasteiger partial charge on any atom is 0.411 e. The number of ether oxygens (including phenoxy) is 1. The number of nitrogens with zero attached hydrogens (tertiary/aromatic N) is 1. The number of halogens is 3. The van der Waals surface area contributed by atoms with E-state index in [4.69, 9.17) is 0 Å². The smallest absolute Gasteiger partial charge is 0.370 e. The first kappa shape index (κ1) is 12.8. The Morgan fingerprint density at radius 1 is 1.50 bits per heavy atom. The molecule has 16 heavy (non-hydrogen) atoms. The molecule has 1 aromatic heterocycles. The Labute approximate surface area is 90.8 Å². The van der Waals surface area contributed by atoms with E-state index in [-0.39, 0.29) is 18.9 Å². The Kier molecular flexibility index (Phi) is 4.12. The van der Waals surface area contributed by atoms with E-state index in [1.165, 1.54) is 6.92 Å². The molecule has 1 rings (SSSR count). The molecular weight excluding hydrogens is 223 g/mol. The summed E-state index contributed by atoms with van der Waals surface area (Å²) in [5.74, 6) is -0.124. The van der Waals surface area contributed by atoms with Crippen LogP contribution in [0.2, 0.25) is 0 Å². The monoisotopic (exact) mass is 235 g/mol. The minimum Gasteiger partial charge on any atom is -0.370 e. The lowest BCUT2D eigenvalue weighted by molar-refractivity contribution is -0.174. The highest BCUT2D eigenvalue weighted by atomic mass is 19.4. The molecule has 0 aliphatic carbocycles. The summed E-state index contributed by atoms with van der Waals surface area (Å²) in [5.41, 5.74) is 0.468. The highest BCUT2D eigenvalue weighted by Crippen LogP contribution is 2.14. The van der Waals surface area contributed by atoms with E-state index in [1.807, 2.05) is 0 Å². The summed E-state index contributed by atoms with van der Waals surface area (Å²) in [4.78, 5) is 11.1. The molecule has 90 valence electrons. The van der Waals surface area contributed by atoms with Crippen LogP contribution >= 0.6 is 0 Å². The van der Waals surface area contributed by atoms with Crippen molar-refractivity contribution in [2.24, 2.45) is 0 Å². The maximum atomic E-state index is 11.7. The summed E-state index contributed by atoms with van der Waals surface area (Å²) in [7, 11) is 0. The highest BCUT2D eigenvalue weighted by Gasteiger charge is 2.27. The number of aromatic nitrogens is 1. The van der Waals surface area contributed by atoms with E-state index in [0.29, 0.717) is 5.69 Å². The van der Waals surface area contributed by atoms with Gasteiger partial charge in [-0.2, -0.15) is 13.2 Å². The average molecular weight is 235 g/mol. The first-order valence-electron chi connectivity index (χ1n) is 4.71.